The van der Waals surface area contributed by atoms with Gasteiger partial charge in [0.05, 0.1) is 0 Å². The van der Waals surface area contributed by atoms with Crippen LogP contribution in [0.4, 0.5) is 4.79 Å². The largest absolute Gasteiger partial charge is 0.338 e. The molecule has 2 saturated carbocycles. The summed E-state index contributed by atoms with van der Waals surface area (Å²) in [6.45, 7) is 3.64. The van der Waals surface area contributed by atoms with Crippen LogP contribution in [0.2, 0.25) is 0 Å². The molecule has 2 rings (SSSR count). The Balaban J connectivity index is 1.79. The second-order valence-corrected chi connectivity index (χ2v) is 5.15. The molecule has 0 spiro atoms. The summed E-state index contributed by atoms with van der Waals surface area (Å²) in [6.07, 6.45) is 5.62. The highest BCUT2D eigenvalue weighted by atomic mass is 16.2. The van der Waals surface area contributed by atoms with Crippen LogP contribution in [0.25, 0.3) is 0 Å². The van der Waals surface area contributed by atoms with Gasteiger partial charge in [-0.15, -0.1) is 0 Å². The van der Waals surface area contributed by atoms with Gasteiger partial charge in [0, 0.05) is 20.1 Å². The number of amides is 2. The van der Waals surface area contributed by atoms with Crippen molar-refractivity contribution in [1.82, 2.24) is 10.2 Å². The minimum atomic E-state index is 0.0836. The first kappa shape index (κ1) is 10.8. The Morgan fingerprint density at radius 3 is 2.73 bits per heavy atom. The average molecular weight is 210 g/mol. The third kappa shape index (κ3) is 2.27. The van der Waals surface area contributed by atoms with Crippen molar-refractivity contribution in [2.75, 3.05) is 20.1 Å². The highest BCUT2D eigenvalue weighted by Crippen LogP contribution is 2.48. The first-order valence-electron chi connectivity index (χ1n) is 6.19. The van der Waals surface area contributed by atoms with Crippen LogP contribution in [0.1, 0.15) is 32.6 Å². The van der Waals surface area contributed by atoms with Crippen LogP contribution in [0.3, 0.4) is 0 Å². The third-order valence-corrected chi connectivity index (χ3v) is 4.07. The van der Waals surface area contributed by atoms with Gasteiger partial charge in [0.2, 0.25) is 0 Å². The molecule has 1 N–H and O–H groups in total. The number of urea groups is 1. The fraction of sp³-hybridized carbons (Fsp3) is 0.917. The summed E-state index contributed by atoms with van der Waals surface area (Å²) < 4.78 is 0. The van der Waals surface area contributed by atoms with Gasteiger partial charge in [0.25, 0.3) is 0 Å². The van der Waals surface area contributed by atoms with Crippen molar-refractivity contribution >= 4 is 6.03 Å². The predicted molar refractivity (Wildman–Crippen MR) is 60.6 cm³/mol. The highest BCUT2D eigenvalue weighted by Gasteiger charge is 2.39. The molecule has 2 bridgehead atoms. The van der Waals surface area contributed by atoms with Crippen LogP contribution in [-0.4, -0.2) is 31.1 Å². The molecule has 3 heteroatoms. The maximum Gasteiger partial charge on any atom is 0.317 e. The van der Waals surface area contributed by atoms with Crippen LogP contribution >= 0.6 is 0 Å². The summed E-state index contributed by atoms with van der Waals surface area (Å²) in [6, 6.07) is 0.0836. The van der Waals surface area contributed by atoms with E-state index < -0.39 is 0 Å². The minimum absolute atomic E-state index is 0.0836. The SMILES string of the molecule is CCNC(=O)N(C)CC1CC2CCC1C2. The Morgan fingerprint density at radius 2 is 2.20 bits per heavy atom. The second kappa shape index (κ2) is 4.42. The quantitative estimate of drug-likeness (QED) is 0.760. The second-order valence-electron chi connectivity index (χ2n) is 5.15. The molecule has 0 saturated heterocycles. The Kier molecular flexibility index (Phi) is 3.17. The van der Waals surface area contributed by atoms with Crippen molar-refractivity contribution in [1.29, 1.82) is 0 Å². The molecule has 15 heavy (non-hydrogen) atoms. The third-order valence-electron chi connectivity index (χ3n) is 4.07. The number of nitrogens with one attached hydrogen (secondary N) is 1. The Bertz CT molecular complexity index is 242. The standard InChI is InChI=1S/C12H22N2O/c1-3-13-12(15)14(2)8-11-7-9-4-5-10(11)6-9/h9-11H,3-8H2,1-2H3,(H,13,15). The lowest BCUT2D eigenvalue weighted by atomic mass is 9.88. The van der Waals surface area contributed by atoms with Gasteiger partial charge in [-0.1, -0.05) is 6.42 Å². The smallest absolute Gasteiger partial charge is 0.317 e. The zero-order chi connectivity index (χ0) is 10.8. The van der Waals surface area contributed by atoms with Crippen LogP contribution in [0, 0.1) is 17.8 Å². The summed E-state index contributed by atoms with van der Waals surface area (Å²) in [7, 11) is 1.91. The monoisotopic (exact) mass is 210 g/mol. The maximum atomic E-state index is 11.6. The van der Waals surface area contributed by atoms with E-state index in [0.29, 0.717) is 0 Å². The van der Waals surface area contributed by atoms with E-state index in [1.807, 2.05) is 18.9 Å². The molecule has 0 radical (unpaired) electrons. The summed E-state index contributed by atoms with van der Waals surface area (Å²) >= 11 is 0. The molecule has 2 amide bonds. The van der Waals surface area contributed by atoms with Gasteiger partial charge < -0.3 is 10.2 Å². The molecule has 2 aliphatic rings. The molecule has 86 valence electrons. The molecule has 0 aromatic carbocycles. The molecular weight excluding hydrogens is 188 g/mol. The van der Waals surface area contributed by atoms with E-state index >= 15 is 0 Å². The lowest BCUT2D eigenvalue weighted by Gasteiger charge is -2.27. The van der Waals surface area contributed by atoms with Crippen molar-refractivity contribution in [2.24, 2.45) is 17.8 Å². The zero-order valence-corrected chi connectivity index (χ0v) is 9.83. The summed E-state index contributed by atoms with van der Waals surface area (Å²) in [5.74, 6) is 2.66. The first-order chi connectivity index (χ1) is 7.20. The molecule has 0 aromatic heterocycles. The van der Waals surface area contributed by atoms with Gasteiger partial charge in [-0.2, -0.15) is 0 Å². The van der Waals surface area contributed by atoms with Crippen molar-refractivity contribution in [3.8, 4) is 0 Å². The number of hydrogen-bond acceptors (Lipinski definition) is 1. The van der Waals surface area contributed by atoms with Crippen molar-refractivity contribution in [3.05, 3.63) is 0 Å². The molecule has 2 fully saturated rings. The van der Waals surface area contributed by atoms with Gasteiger partial charge in [-0.25, -0.2) is 4.79 Å². The van der Waals surface area contributed by atoms with Crippen LogP contribution in [0.5, 0.6) is 0 Å². The molecule has 0 aliphatic heterocycles. The van der Waals surface area contributed by atoms with Crippen molar-refractivity contribution in [2.45, 2.75) is 32.6 Å². The number of nitrogens with zero attached hydrogens (tertiary/aromatic N) is 1. The number of fused-ring (bicyclic) bond motifs is 2. The van der Waals surface area contributed by atoms with Crippen LogP contribution in [0.15, 0.2) is 0 Å². The van der Waals surface area contributed by atoms with E-state index in [-0.39, 0.29) is 6.03 Å². The van der Waals surface area contributed by atoms with Crippen molar-refractivity contribution < 1.29 is 4.79 Å². The van der Waals surface area contributed by atoms with E-state index in [4.69, 9.17) is 0 Å². The molecular formula is C12H22N2O. The van der Waals surface area contributed by atoms with Gasteiger partial charge in [0.15, 0.2) is 0 Å². The van der Waals surface area contributed by atoms with Gasteiger partial charge in [-0.05, 0) is 43.9 Å². The molecule has 0 aromatic rings. The van der Waals surface area contributed by atoms with E-state index in [9.17, 15) is 4.79 Å². The van der Waals surface area contributed by atoms with Gasteiger partial charge >= 0.3 is 6.03 Å². The Morgan fingerprint density at radius 1 is 1.40 bits per heavy atom. The lowest BCUT2D eigenvalue weighted by molar-refractivity contribution is 0.188. The Hall–Kier alpha value is -0.730. The Labute approximate surface area is 92.2 Å². The van der Waals surface area contributed by atoms with Crippen LogP contribution < -0.4 is 5.32 Å². The number of carbonyl (C=O) groups excluding carboxylic acids is 1. The normalized spacial score (nSPS) is 33.1. The summed E-state index contributed by atoms with van der Waals surface area (Å²) in [5.41, 5.74) is 0. The topological polar surface area (TPSA) is 32.3 Å². The number of hydrogen-bond donors (Lipinski definition) is 1. The van der Waals surface area contributed by atoms with E-state index in [0.717, 1.165) is 30.8 Å². The maximum absolute atomic E-state index is 11.6. The zero-order valence-electron chi connectivity index (χ0n) is 9.83. The average Bonchev–Trinajstić information content (AvgIpc) is 2.79. The predicted octanol–water partition coefficient (Wildman–Crippen LogP) is 2.08. The van der Waals surface area contributed by atoms with E-state index in [1.54, 1.807) is 0 Å². The molecule has 0 heterocycles. The van der Waals surface area contributed by atoms with Gasteiger partial charge in [0.1, 0.15) is 0 Å². The van der Waals surface area contributed by atoms with E-state index in [1.165, 1.54) is 25.7 Å². The fourth-order valence-electron chi connectivity index (χ4n) is 3.32. The first-order valence-corrected chi connectivity index (χ1v) is 6.19. The highest BCUT2D eigenvalue weighted by molar-refractivity contribution is 5.73. The molecule has 2 aliphatic carbocycles. The summed E-state index contributed by atoms with van der Waals surface area (Å²) in [5, 5.41) is 2.85. The molecule has 3 atom stereocenters. The van der Waals surface area contributed by atoms with Crippen LogP contribution in [-0.2, 0) is 0 Å². The molecule has 3 unspecified atom stereocenters. The molecule has 3 nitrogen and oxygen atoms in total. The fourth-order valence-corrected chi connectivity index (χ4v) is 3.32. The van der Waals surface area contributed by atoms with E-state index in [2.05, 4.69) is 5.32 Å². The summed E-state index contributed by atoms with van der Waals surface area (Å²) in [4.78, 5) is 13.4. The lowest BCUT2D eigenvalue weighted by Crippen LogP contribution is -2.40. The van der Waals surface area contributed by atoms with Crippen molar-refractivity contribution in [3.63, 3.8) is 0 Å². The number of carbonyl (C=O) groups is 1. The number of rotatable bonds is 3. The minimum Gasteiger partial charge on any atom is -0.338 e. The van der Waals surface area contributed by atoms with Gasteiger partial charge in [-0.3, -0.25) is 0 Å².